The molecule has 18 heavy (non-hydrogen) atoms. The molecule has 3 nitrogen and oxygen atoms in total. The van der Waals surface area contributed by atoms with E-state index < -0.39 is 5.41 Å². The van der Waals surface area contributed by atoms with Gasteiger partial charge in [-0.15, -0.1) is 0 Å². The highest BCUT2D eigenvalue weighted by atomic mass is 79.9. The summed E-state index contributed by atoms with van der Waals surface area (Å²) >= 11 is 3.41. The van der Waals surface area contributed by atoms with Crippen molar-refractivity contribution in [2.75, 3.05) is 20.7 Å². The molecule has 100 valence electrons. The molecule has 0 aromatic heterocycles. The molecule has 0 aliphatic heterocycles. The smallest absolute Gasteiger partial charge is 0.312 e. The van der Waals surface area contributed by atoms with Gasteiger partial charge in [0.1, 0.15) is 0 Å². The first-order valence-corrected chi connectivity index (χ1v) is 6.66. The lowest BCUT2D eigenvalue weighted by atomic mass is 9.93. The van der Waals surface area contributed by atoms with Crippen molar-refractivity contribution in [3.63, 3.8) is 0 Å². The Morgan fingerprint density at radius 3 is 2.39 bits per heavy atom. The summed E-state index contributed by atoms with van der Waals surface area (Å²) in [6, 6.07) is 8.20. The number of halogens is 1. The Balaban J connectivity index is 2.58. The van der Waals surface area contributed by atoms with Gasteiger partial charge in [0.2, 0.25) is 0 Å². The predicted molar refractivity (Wildman–Crippen MR) is 76.3 cm³/mol. The number of hydrogen-bond donors (Lipinski definition) is 0. The number of nitrogens with zero attached hydrogens (tertiary/aromatic N) is 1. The normalized spacial score (nSPS) is 11.7. The second kappa shape index (κ2) is 6.34. The quantitative estimate of drug-likeness (QED) is 0.782. The van der Waals surface area contributed by atoms with Crippen molar-refractivity contribution in [1.82, 2.24) is 4.90 Å². The maximum atomic E-state index is 11.6. The lowest BCUT2D eigenvalue weighted by Crippen LogP contribution is -2.37. The minimum Gasteiger partial charge on any atom is -0.469 e. The van der Waals surface area contributed by atoms with Crippen LogP contribution < -0.4 is 0 Å². The monoisotopic (exact) mass is 313 g/mol. The average molecular weight is 314 g/mol. The van der Waals surface area contributed by atoms with Crippen molar-refractivity contribution in [2.45, 2.75) is 20.4 Å². The number of ether oxygens (including phenoxy) is 1. The Labute approximate surface area is 117 Å². The van der Waals surface area contributed by atoms with E-state index in [2.05, 4.69) is 33.0 Å². The molecule has 1 aromatic carbocycles. The van der Waals surface area contributed by atoms with Crippen molar-refractivity contribution in [1.29, 1.82) is 0 Å². The summed E-state index contributed by atoms with van der Waals surface area (Å²) in [6.45, 7) is 5.28. The Morgan fingerprint density at radius 2 is 1.89 bits per heavy atom. The molecule has 0 saturated carbocycles. The van der Waals surface area contributed by atoms with Gasteiger partial charge in [-0.05, 0) is 38.6 Å². The van der Waals surface area contributed by atoms with Crippen LogP contribution in [-0.2, 0) is 16.1 Å². The number of carbonyl (C=O) groups excluding carboxylic acids is 1. The number of rotatable bonds is 5. The lowest BCUT2D eigenvalue weighted by Gasteiger charge is -2.27. The van der Waals surface area contributed by atoms with Gasteiger partial charge in [0, 0.05) is 17.6 Å². The minimum absolute atomic E-state index is 0.176. The molecule has 0 aliphatic rings. The van der Waals surface area contributed by atoms with Gasteiger partial charge >= 0.3 is 5.97 Å². The summed E-state index contributed by atoms with van der Waals surface area (Å²) < 4.78 is 5.88. The van der Waals surface area contributed by atoms with Gasteiger partial charge in [-0.2, -0.15) is 0 Å². The van der Waals surface area contributed by atoms with Gasteiger partial charge in [0.25, 0.3) is 0 Å². The highest BCUT2D eigenvalue weighted by Gasteiger charge is 2.29. The molecule has 0 amide bonds. The first kappa shape index (κ1) is 15.2. The van der Waals surface area contributed by atoms with Gasteiger partial charge in [-0.1, -0.05) is 28.1 Å². The largest absolute Gasteiger partial charge is 0.469 e. The summed E-state index contributed by atoms with van der Waals surface area (Å²) in [6.07, 6.45) is 0. The molecule has 1 rings (SSSR count). The van der Waals surface area contributed by atoms with Crippen LogP contribution in [0.2, 0.25) is 0 Å². The Bertz CT molecular complexity index is 401. The zero-order chi connectivity index (χ0) is 13.8. The molecule has 0 saturated heterocycles. The summed E-state index contributed by atoms with van der Waals surface area (Å²) in [5, 5.41) is 0. The van der Waals surface area contributed by atoms with Crippen molar-refractivity contribution < 1.29 is 9.53 Å². The summed E-state index contributed by atoms with van der Waals surface area (Å²) in [4.78, 5) is 13.7. The van der Waals surface area contributed by atoms with E-state index in [0.717, 1.165) is 11.0 Å². The number of hydrogen-bond acceptors (Lipinski definition) is 3. The molecule has 0 fully saturated rings. The number of esters is 1. The first-order valence-electron chi connectivity index (χ1n) is 5.86. The highest BCUT2D eigenvalue weighted by Crippen LogP contribution is 2.19. The fraction of sp³-hybridized carbons (Fsp3) is 0.500. The fourth-order valence-corrected chi connectivity index (χ4v) is 2.24. The standard InChI is InChI=1S/C14H20BrNO2/c1-14(2,13(17)18-4)10-16(3)9-11-5-7-12(15)8-6-11/h5-8H,9-10H2,1-4H3. The van der Waals surface area contributed by atoms with Gasteiger partial charge in [-0.3, -0.25) is 4.79 Å². The summed E-state index contributed by atoms with van der Waals surface area (Å²) in [7, 11) is 3.44. The molecule has 0 bridgehead atoms. The van der Waals surface area contributed by atoms with Crippen LogP contribution in [0.5, 0.6) is 0 Å². The van der Waals surface area contributed by atoms with Gasteiger partial charge in [-0.25, -0.2) is 0 Å². The molecule has 0 atom stereocenters. The third-order valence-corrected chi connectivity index (χ3v) is 3.30. The van der Waals surface area contributed by atoms with E-state index in [0.29, 0.717) is 6.54 Å². The second-order valence-electron chi connectivity index (χ2n) is 5.17. The SMILES string of the molecule is COC(=O)C(C)(C)CN(C)Cc1ccc(Br)cc1. The molecule has 1 aromatic rings. The third-order valence-electron chi connectivity index (χ3n) is 2.77. The van der Waals surface area contributed by atoms with E-state index >= 15 is 0 Å². The van der Waals surface area contributed by atoms with E-state index in [1.165, 1.54) is 12.7 Å². The van der Waals surface area contributed by atoms with Gasteiger partial charge in [0.05, 0.1) is 12.5 Å². The molecule has 0 heterocycles. The van der Waals surface area contributed by atoms with Crippen molar-refractivity contribution in [3.05, 3.63) is 34.3 Å². The zero-order valence-corrected chi connectivity index (χ0v) is 13.0. The van der Waals surface area contributed by atoms with E-state index in [-0.39, 0.29) is 5.97 Å². The van der Waals surface area contributed by atoms with Crippen LogP contribution in [0.1, 0.15) is 19.4 Å². The van der Waals surface area contributed by atoms with Crippen LogP contribution in [0.4, 0.5) is 0 Å². The van der Waals surface area contributed by atoms with Crippen LogP contribution >= 0.6 is 15.9 Å². The third kappa shape index (κ3) is 4.42. The maximum Gasteiger partial charge on any atom is 0.312 e. The zero-order valence-electron chi connectivity index (χ0n) is 11.4. The van der Waals surface area contributed by atoms with E-state index in [1.54, 1.807) is 0 Å². The van der Waals surface area contributed by atoms with Crippen molar-refractivity contribution in [2.24, 2.45) is 5.41 Å². The van der Waals surface area contributed by atoms with Crippen molar-refractivity contribution in [3.8, 4) is 0 Å². The van der Waals surface area contributed by atoms with Crippen LogP contribution in [0.15, 0.2) is 28.7 Å². The molecule has 0 unspecified atom stereocenters. The average Bonchev–Trinajstić information content (AvgIpc) is 2.30. The molecule has 0 spiro atoms. The van der Waals surface area contributed by atoms with Crippen molar-refractivity contribution >= 4 is 21.9 Å². The van der Waals surface area contributed by atoms with Gasteiger partial charge < -0.3 is 9.64 Å². The fourth-order valence-electron chi connectivity index (χ4n) is 1.97. The summed E-state index contributed by atoms with van der Waals surface area (Å²) in [5.41, 5.74) is 0.736. The summed E-state index contributed by atoms with van der Waals surface area (Å²) in [5.74, 6) is -0.176. The molecule has 0 N–H and O–H groups in total. The molecule has 4 heteroatoms. The van der Waals surface area contributed by atoms with E-state index in [1.807, 2.05) is 33.0 Å². The maximum absolute atomic E-state index is 11.6. The Morgan fingerprint density at radius 1 is 1.33 bits per heavy atom. The molecular formula is C14H20BrNO2. The van der Waals surface area contributed by atoms with Crippen LogP contribution in [0.3, 0.4) is 0 Å². The number of methoxy groups -OCH3 is 1. The molecular weight excluding hydrogens is 294 g/mol. The van der Waals surface area contributed by atoms with Crippen LogP contribution in [0.25, 0.3) is 0 Å². The number of benzene rings is 1. The second-order valence-corrected chi connectivity index (χ2v) is 6.09. The van der Waals surface area contributed by atoms with E-state index in [9.17, 15) is 4.79 Å². The van der Waals surface area contributed by atoms with Crippen LogP contribution in [-0.4, -0.2) is 31.6 Å². The van der Waals surface area contributed by atoms with E-state index in [4.69, 9.17) is 4.74 Å². The first-order chi connectivity index (χ1) is 8.35. The predicted octanol–water partition coefficient (Wildman–Crippen LogP) is 3.08. The van der Waals surface area contributed by atoms with Crippen LogP contribution in [0, 0.1) is 5.41 Å². The minimum atomic E-state index is -0.487. The lowest BCUT2D eigenvalue weighted by molar-refractivity contribution is -0.151. The molecule has 0 radical (unpaired) electrons. The molecule has 0 aliphatic carbocycles. The topological polar surface area (TPSA) is 29.5 Å². The Hall–Kier alpha value is -0.870. The number of carbonyl (C=O) groups is 1. The Kier molecular flexibility index (Phi) is 5.35. The highest BCUT2D eigenvalue weighted by molar-refractivity contribution is 9.10. The van der Waals surface area contributed by atoms with Gasteiger partial charge in [0.15, 0.2) is 0 Å².